The molecule has 0 aliphatic heterocycles. The molecule has 0 aliphatic carbocycles. The smallest absolute Gasteiger partial charge is 0.256 e. The fourth-order valence-corrected chi connectivity index (χ4v) is 1.77. The summed E-state index contributed by atoms with van der Waals surface area (Å²) < 4.78 is 25.9. The van der Waals surface area contributed by atoms with E-state index in [1.807, 2.05) is 6.92 Å². The molecule has 1 aromatic carbocycles. The maximum absolute atomic E-state index is 12.9. The first kappa shape index (κ1) is 13.4. The van der Waals surface area contributed by atoms with Crippen molar-refractivity contribution in [3.8, 4) is 0 Å². The molecule has 0 saturated heterocycles. The van der Waals surface area contributed by atoms with Crippen molar-refractivity contribution in [2.45, 2.75) is 32.2 Å². The van der Waals surface area contributed by atoms with Crippen molar-refractivity contribution in [2.24, 2.45) is 0 Å². The lowest BCUT2D eigenvalue weighted by atomic mass is 9.93. The SMILES string of the molecule is CCNC(C)(Cc1ccc(Cl)cc1)C(F)F. The highest BCUT2D eigenvalue weighted by Crippen LogP contribution is 2.22. The van der Waals surface area contributed by atoms with Gasteiger partial charge in [0.1, 0.15) is 0 Å². The van der Waals surface area contributed by atoms with Crippen molar-refractivity contribution in [2.75, 3.05) is 6.54 Å². The van der Waals surface area contributed by atoms with Gasteiger partial charge in [0, 0.05) is 5.02 Å². The van der Waals surface area contributed by atoms with Gasteiger partial charge < -0.3 is 5.32 Å². The van der Waals surface area contributed by atoms with Crippen molar-refractivity contribution in [3.05, 3.63) is 34.9 Å². The zero-order valence-electron chi connectivity index (χ0n) is 9.43. The van der Waals surface area contributed by atoms with Crippen molar-refractivity contribution in [1.82, 2.24) is 5.32 Å². The highest BCUT2D eigenvalue weighted by molar-refractivity contribution is 6.30. The number of nitrogens with one attached hydrogen (secondary N) is 1. The van der Waals surface area contributed by atoms with Gasteiger partial charge in [-0.1, -0.05) is 30.7 Å². The fraction of sp³-hybridized carbons (Fsp3) is 0.500. The molecule has 0 fully saturated rings. The summed E-state index contributed by atoms with van der Waals surface area (Å²) in [4.78, 5) is 0. The molecule has 0 saturated carbocycles. The minimum atomic E-state index is -2.40. The Balaban J connectivity index is 2.79. The Labute approximate surface area is 99.8 Å². The van der Waals surface area contributed by atoms with Crippen LogP contribution in [0.3, 0.4) is 0 Å². The Morgan fingerprint density at radius 2 is 1.88 bits per heavy atom. The van der Waals surface area contributed by atoms with E-state index in [0.717, 1.165) is 5.56 Å². The van der Waals surface area contributed by atoms with Gasteiger partial charge in [-0.05, 0) is 37.6 Å². The van der Waals surface area contributed by atoms with Crippen LogP contribution in [0.2, 0.25) is 5.02 Å². The van der Waals surface area contributed by atoms with Crippen LogP contribution in [0, 0.1) is 0 Å². The molecule has 0 radical (unpaired) electrons. The van der Waals surface area contributed by atoms with Gasteiger partial charge in [-0.3, -0.25) is 0 Å². The van der Waals surface area contributed by atoms with E-state index < -0.39 is 12.0 Å². The highest BCUT2D eigenvalue weighted by Gasteiger charge is 2.33. The summed E-state index contributed by atoms with van der Waals surface area (Å²) in [5, 5.41) is 3.46. The Bertz CT molecular complexity index is 326. The van der Waals surface area contributed by atoms with Gasteiger partial charge in [0.2, 0.25) is 0 Å². The van der Waals surface area contributed by atoms with E-state index in [1.165, 1.54) is 6.92 Å². The van der Waals surface area contributed by atoms with Crippen LogP contribution < -0.4 is 5.32 Å². The number of alkyl halides is 2. The van der Waals surface area contributed by atoms with E-state index >= 15 is 0 Å². The normalized spacial score (nSPS) is 15.1. The zero-order chi connectivity index (χ0) is 12.2. The second-order valence-corrected chi connectivity index (χ2v) is 4.49. The first-order valence-corrected chi connectivity index (χ1v) is 5.63. The molecule has 16 heavy (non-hydrogen) atoms. The molecular formula is C12H16ClF2N. The summed E-state index contributed by atoms with van der Waals surface area (Å²) in [7, 11) is 0. The van der Waals surface area contributed by atoms with Crippen LogP contribution in [-0.4, -0.2) is 18.5 Å². The zero-order valence-corrected chi connectivity index (χ0v) is 10.2. The second-order valence-electron chi connectivity index (χ2n) is 4.05. The lowest BCUT2D eigenvalue weighted by molar-refractivity contribution is 0.0415. The lowest BCUT2D eigenvalue weighted by Crippen LogP contribution is -2.50. The molecule has 1 unspecified atom stereocenters. The fourth-order valence-electron chi connectivity index (χ4n) is 1.65. The number of hydrogen-bond donors (Lipinski definition) is 1. The van der Waals surface area contributed by atoms with Crippen LogP contribution in [0.15, 0.2) is 24.3 Å². The highest BCUT2D eigenvalue weighted by atomic mass is 35.5. The summed E-state index contributed by atoms with van der Waals surface area (Å²) >= 11 is 5.74. The monoisotopic (exact) mass is 247 g/mol. The first-order chi connectivity index (χ1) is 7.48. The van der Waals surface area contributed by atoms with Crippen LogP contribution in [0.4, 0.5) is 8.78 Å². The molecule has 1 rings (SSSR count). The van der Waals surface area contributed by atoms with E-state index in [0.29, 0.717) is 11.6 Å². The molecule has 0 heterocycles. The topological polar surface area (TPSA) is 12.0 Å². The summed E-state index contributed by atoms with van der Waals surface area (Å²) in [6.45, 7) is 3.88. The maximum atomic E-state index is 12.9. The number of hydrogen-bond acceptors (Lipinski definition) is 1. The van der Waals surface area contributed by atoms with Gasteiger partial charge in [0.25, 0.3) is 6.43 Å². The van der Waals surface area contributed by atoms with Gasteiger partial charge in [0.15, 0.2) is 0 Å². The van der Waals surface area contributed by atoms with Crippen molar-refractivity contribution in [3.63, 3.8) is 0 Å². The van der Waals surface area contributed by atoms with Crippen LogP contribution >= 0.6 is 11.6 Å². The van der Waals surface area contributed by atoms with Gasteiger partial charge in [-0.2, -0.15) is 0 Å². The molecule has 0 spiro atoms. The molecule has 4 heteroatoms. The third-order valence-corrected chi connectivity index (χ3v) is 2.80. The van der Waals surface area contributed by atoms with Crippen molar-refractivity contribution >= 4 is 11.6 Å². The molecule has 0 aromatic heterocycles. The largest absolute Gasteiger partial charge is 0.307 e. The standard InChI is InChI=1S/C12H16ClF2N/c1-3-16-12(2,11(14)15)8-9-4-6-10(13)7-5-9/h4-7,11,16H,3,8H2,1-2H3. The van der Waals surface area contributed by atoms with Gasteiger partial charge in [0.05, 0.1) is 5.54 Å². The summed E-state index contributed by atoms with van der Waals surface area (Å²) in [6.07, 6.45) is -2.11. The van der Waals surface area contributed by atoms with Crippen LogP contribution in [0.5, 0.6) is 0 Å². The van der Waals surface area contributed by atoms with E-state index in [4.69, 9.17) is 11.6 Å². The lowest BCUT2D eigenvalue weighted by Gasteiger charge is -2.29. The summed E-state index contributed by atoms with van der Waals surface area (Å²) in [6, 6.07) is 6.99. The summed E-state index contributed by atoms with van der Waals surface area (Å²) in [5.41, 5.74) is -0.323. The van der Waals surface area contributed by atoms with Crippen molar-refractivity contribution < 1.29 is 8.78 Å². The number of benzene rings is 1. The molecule has 1 aromatic rings. The number of likely N-dealkylation sites (N-methyl/N-ethyl adjacent to an activating group) is 1. The van der Waals surface area contributed by atoms with E-state index in [-0.39, 0.29) is 6.42 Å². The third-order valence-electron chi connectivity index (χ3n) is 2.55. The minimum absolute atomic E-state index is 0.287. The number of rotatable bonds is 5. The molecular weight excluding hydrogens is 232 g/mol. The Hall–Kier alpha value is -0.670. The minimum Gasteiger partial charge on any atom is -0.307 e. The third kappa shape index (κ3) is 3.42. The average molecular weight is 248 g/mol. The molecule has 0 bridgehead atoms. The molecule has 0 amide bonds. The van der Waals surface area contributed by atoms with Gasteiger partial charge in [-0.15, -0.1) is 0 Å². The molecule has 1 N–H and O–H groups in total. The Morgan fingerprint density at radius 1 is 1.31 bits per heavy atom. The van der Waals surface area contributed by atoms with Crippen molar-refractivity contribution in [1.29, 1.82) is 0 Å². The number of halogens is 3. The molecule has 1 atom stereocenters. The van der Waals surface area contributed by atoms with Crippen LogP contribution in [-0.2, 0) is 6.42 Å². The molecule has 90 valence electrons. The Morgan fingerprint density at radius 3 is 2.31 bits per heavy atom. The van der Waals surface area contributed by atoms with E-state index in [9.17, 15) is 8.78 Å². The Kier molecular flexibility index (Phi) is 4.69. The van der Waals surface area contributed by atoms with Gasteiger partial charge in [-0.25, -0.2) is 8.78 Å². The average Bonchev–Trinajstić information content (AvgIpc) is 2.22. The van der Waals surface area contributed by atoms with E-state index in [1.54, 1.807) is 24.3 Å². The molecule has 1 nitrogen and oxygen atoms in total. The van der Waals surface area contributed by atoms with Crippen LogP contribution in [0.1, 0.15) is 19.4 Å². The predicted molar refractivity (Wildman–Crippen MR) is 63.2 cm³/mol. The second kappa shape index (κ2) is 5.60. The molecule has 0 aliphatic rings. The quantitative estimate of drug-likeness (QED) is 0.840. The van der Waals surface area contributed by atoms with E-state index in [2.05, 4.69) is 5.32 Å². The van der Waals surface area contributed by atoms with Gasteiger partial charge >= 0.3 is 0 Å². The maximum Gasteiger partial charge on any atom is 0.256 e. The first-order valence-electron chi connectivity index (χ1n) is 5.25. The van der Waals surface area contributed by atoms with Crippen LogP contribution in [0.25, 0.3) is 0 Å². The summed E-state index contributed by atoms with van der Waals surface area (Å²) in [5.74, 6) is 0. The predicted octanol–water partition coefficient (Wildman–Crippen LogP) is 3.52.